The standard InChI is InChI=1S/C43H39N3O3S/c1-45(2)29-28-33-30-50-41-37(44-43(34-22-12-5-13-23-34,35-24-14-6-15-25-35)36-26-16-7-17-27-36)40(47)46(41)38(33)42(48)49-39(31-18-8-3-9-19-31)32-20-10-4-11-21-32/h3-29,37,39,41,44H,30H2,1-2H3/b29-28+. The highest BCUT2D eigenvalue weighted by atomic mass is 32.2. The third kappa shape index (κ3) is 6.38. The van der Waals surface area contributed by atoms with Crippen molar-refractivity contribution >= 4 is 23.6 Å². The van der Waals surface area contributed by atoms with Gasteiger partial charge in [0.2, 0.25) is 5.91 Å². The Bertz CT molecular complexity index is 1850. The number of carbonyl (C=O) groups is 2. The molecule has 2 atom stereocenters. The van der Waals surface area contributed by atoms with Crippen LogP contribution in [0.15, 0.2) is 175 Å². The smallest absolute Gasteiger partial charge is 0.356 e. The molecule has 0 spiro atoms. The average Bonchev–Trinajstić information content (AvgIpc) is 3.17. The number of fused-ring (bicyclic) bond motifs is 1. The summed E-state index contributed by atoms with van der Waals surface area (Å²) in [4.78, 5) is 32.6. The lowest BCUT2D eigenvalue weighted by molar-refractivity contribution is -0.154. The van der Waals surface area contributed by atoms with Crippen LogP contribution in [0.1, 0.15) is 33.9 Å². The van der Waals surface area contributed by atoms with E-state index in [2.05, 4.69) is 41.7 Å². The van der Waals surface area contributed by atoms with Crippen molar-refractivity contribution in [2.24, 2.45) is 0 Å². The van der Waals surface area contributed by atoms with Gasteiger partial charge in [-0.3, -0.25) is 15.0 Å². The van der Waals surface area contributed by atoms with Crippen LogP contribution < -0.4 is 5.32 Å². The third-order valence-corrected chi connectivity index (χ3v) is 10.5. The molecule has 5 aromatic carbocycles. The number of β-lactam (4-membered cyclic amide) rings is 1. The molecule has 2 heterocycles. The first-order valence-electron chi connectivity index (χ1n) is 16.7. The maximum Gasteiger partial charge on any atom is 0.356 e. The molecule has 0 bridgehead atoms. The number of benzene rings is 5. The molecule has 1 amide bonds. The van der Waals surface area contributed by atoms with Crippen molar-refractivity contribution in [2.75, 3.05) is 19.8 Å². The van der Waals surface area contributed by atoms with Crippen molar-refractivity contribution in [1.29, 1.82) is 0 Å². The quantitative estimate of drug-likeness (QED) is 0.0887. The van der Waals surface area contributed by atoms with Crippen LogP contribution >= 0.6 is 11.8 Å². The van der Waals surface area contributed by atoms with Crippen molar-refractivity contribution in [2.45, 2.75) is 23.1 Å². The molecule has 1 fully saturated rings. The normalized spacial score (nSPS) is 17.4. The Hall–Kier alpha value is -5.37. The Balaban J connectivity index is 1.28. The van der Waals surface area contributed by atoms with Gasteiger partial charge < -0.3 is 9.64 Å². The van der Waals surface area contributed by atoms with Crippen molar-refractivity contribution in [1.82, 2.24) is 15.1 Å². The first-order chi connectivity index (χ1) is 24.5. The van der Waals surface area contributed by atoms with Crippen molar-refractivity contribution in [3.63, 3.8) is 0 Å². The van der Waals surface area contributed by atoms with E-state index in [1.54, 1.807) is 16.7 Å². The van der Waals surface area contributed by atoms with Crippen LogP contribution in [0.3, 0.4) is 0 Å². The summed E-state index contributed by atoms with van der Waals surface area (Å²) < 4.78 is 6.38. The van der Waals surface area contributed by atoms with E-state index >= 15 is 0 Å². The number of ether oxygens (including phenoxy) is 1. The first-order valence-corrected chi connectivity index (χ1v) is 17.8. The van der Waals surface area contributed by atoms with Crippen LogP contribution in [0.4, 0.5) is 0 Å². The SMILES string of the molecule is CN(C)/C=C/C1=C(C(=O)OC(c2ccccc2)c2ccccc2)N2C(=O)C(NC(c3ccccc3)(c3ccccc3)c3ccccc3)C2SC1. The maximum absolute atomic E-state index is 14.6. The van der Waals surface area contributed by atoms with Crippen LogP contribution in [-0.4, -0.2) is 52.9 Å². The Kier molecular flexibility index (Phi) is 9.69. The van der Waals surface area contributed by atoms with Gasteiger partial charge in [0.05, 0.1) is 5.54 Å². The predicted octanol–water partition coefficient (Wildman–Crippen LogP) is 7.51. The topological polar surface area (TPSA) is 61.9 Å². The lowest BCUT2D eigenvalue weighted by atomic mass is 9.76. The van der Waals surface area contributed by atoms with Gasteiger partial charge in [-0.1, -0.05) is 152 Å². The highest BCUT2D eigenvalue weighted by Crippen LogP contribution is 2.45. The van der Waals surface area contributed by atoms with Gasteiger partial charge >= 0.3 is 5.97 Å². The van der Waals surface area contributed by atoms with Gasteiger partial charge in [-0.2, -0.15) is 0 Å². The molecule has 0 aromatic heterocycles. The lowest BCUT2D eigenvalue weighted by Crippen LogP contribution is -2.72. The molecule has 50 heavy (non-hydrogen) atoms. The number of nitrogens with one attached hydrogen (secondary N) is 1. The fraction of sp³-hybridized carbons (Fsp3) is 0.163. The van der Waals surface area contributed by atoms with Crippen LogP contribution in [-0.2, 0) is 19.9 Å². The first kappa shape index (κ1) is 33.1. The van der Waals surface area contributed by atoms with E-state index in [1.165, 1.54) is 0 Å². The Morgan fingerprint density at radius 3 is 1.64 bits per heavy atom. The molecule has 0 radical (unpaired) electrons. The molecule has 250 valence electrons. The lowest BCUT2D eigenvalue weighted by Gasteiger charge is -2.53. The van der Waals surface area contributed by atoms with Gasteiger partial charge in [0, 0.05) is 19.8 Å². The summed E-state index contributed by atoms with van der Waals surface area (Å²) in [5.74, 6) is -0.163. The predicted molar refractivity (Wildman–Crippen MR) is 200 cm³/mol. The summed E-state index contributed by atoms with van der Waals surface area (Å²) in [7, 11) is 3.86. The fourth-order valence-electron chi connectivity index (χ4n) is 6.79. The number of thioether (sulfide) groups is 1. The van der Waals surface area contributed by atoms with Crippen LogP contribution in [0.5, 0.6) is 0 Å². The van der Waals surface area contributed by atoms with Crippen molar-refractivity contribution in [3.8, 4) is 0 Å². The minimum atomic E-state index is -0.835. The van der Waals surface area contributed by atoms with E-state index in [0.29, 0.717) is 5.75 Å². The number of carbonyl (C=O) groups excluding carboxylic acids is 2. The minimum Gasteiger partial charge on any atom is -0.448 e. The summed E-state index contributed by atoms with van der Waals surface area (Å²) in [5, 5.41) is 3.54. The second kappa shape index (κ2) is 14.6. The minimum absolute atomic E-state index is 0.173. The molecule has 2 unspecified atom stereocenters. The number of rotatable bonds is 11. The van der Waals surface area contributed by atoms with Gasteiger partial charge in [-0.25, -0.2) is 4.79 Å². The molecule has 7 rings (SSSR count). The molecule has 1 saturated heterocycles. The molecule has 0 saturated carbocycles. The summed E-state index contributed by atoms with van der Waals surface area (Å²) in [6.07, 6.45) is 3.17. The second-order valence-electron chi connectivity index (χ2n) is 12.6. The summed E-state index contributed by atoms with van der Waals surface area (Å²) >= 11 is 1.65. The molecule has 1 N–H and O–H groups in total. The monoisotopic (exact) mass is 677 g/mol. The van der Waals surface area contributed by atoms with E-state index in [4.69, 9.17) is 4.74 Å². The Morgan fingerprint density at radius 2 is 1.20 bits per heavy atom. The van der Waals surface area contributed by atoms with Gasteiger partial charge in [0.1, 0.15) is 17.1 Å². The third-order valence-electron chi connectivity index (χ3n) is 9.19. The Morgan fingerprint density at radius 1 is 0.760 bits per heavy atom. The van der Waals surface area contributed by atoms with Crippen molar-refractivity contribution in [3.05, 3.63) is 203 Å². The van der Waals surface area contributed by atoms with E-state index in [9.17, 15) is 9.59 Å². The fourth-order valence-corrected chi connectivity index (χ4v) is 8.11. The maximum atomic E-state index is 14.6. The molecule has 0 aliphatic carbocycles. The number of amides is 1. The molecule has 2 aliphatic rings. The number of allylic oxidation sites excluding steroid dienone is 1. The molecule has 2 aliphatic heterocycles. The number of nitrogens with zero attached hydrogens (tertiary/aromatic N) is 2. The van der Waals surface area contributed by atoms with Crippen LogP contribution in [0.25, 0.3) is 0 Å². The van der Waals surface area contributed by atoms with Crippen molar-refractivity contribution < 1.29 is 14.3 Å². The van der Waals surface area contributed by atoms with Gasteiger partial charge in [-0.15, -0.1) is 11.8 Å². The zero-order valence-corrected chi connectivity index (χ0v) is 28.9. The van der Waals surface area contributed by atoms with E-state index < -0.39 is 23.7 Å². The van der Waals surface area contributed by atoms with Crippen LogP contribution in [0.2, 0.25) is 0 Å². The summed E-state index contributed by atoms with van der Waals surface area (Å²) in [6.45, 7) is 0. The number of esters is 1. The summed E-state index contributed by atoms with van der Waals surface area (Å²) in [6, 6.07) is 49.6. The second-order valence-corrected chi connectivity index (χ2v) is 13.7. The highest BCUT2D eigenvalue weighted by molar-refractivity contribution is 8.00. The molecule has 6 nitrogen and oxygen atoms in total. The van der Waals surface area contributed by atoms with E-state index in [0.717, 1.165) is 33.4 Å². The molecule has 5 aromatic rings. The number of hydrogen-bond acceptors (Lipinski definition) is 6. The summed E-state index contributed by atoms with van der Waals surface area (Å²) in [5.41, 5.74) is 4.96. The zero-order valence-electron chi connectivity index (χ0n) is 28.1. The van der Waals surface area contributed by atoms with Crippen LogP contribution in [0, 0.1) is 0 Å². The Labute approximate surface area is 298 Å². The van der Waals surface area contributed by atoms with Gasteiger partial charge in [0.25, 0.3) is 0 Å². The highest BCUT2D eigenvalue weighted by Gasteiger charge is 2.56. The van der Waals surface area contributed by atoms with E-state index in [1.807, 2.05) is 147 Å². The van der Waals surface area contributed by atoms with Gasteiger partial charge in [0.15, 0.2) is 6.10 Å². The number of hydrogen-bond donors (Lipinski definition) is 1. The van der Waals surface area contributed by atoms with E-state index in [-0.39, 0.29) is 17.0 Å². The zero-order chi connectivity index (χ0) is 34.5. The molecular formula is C43H39N3O3S. The van der Waals surface area contributed by atoms with Gasteiger partial charge in [-0.05, 0) is 45.7 Å². The largest absolute Gasteiger partial charge is 0.448 e. The molecule has 7 heteroatoms. The molecular weight excluding hydrogens is 639 g/mol. The average molecular weight is 678 g/mol.